The number of rotatable bonds is 4. The smallest absolute Gasteiger partial charge is 0.342 e. The van der Waals surface area contributed by atoms with E-state index < -0.39 is 5.97 Å². The van der Waals surface area contributed by atoms with E-state index in [9.17, 15) is 4.79 Å². The molecule has 0 aliphatic heterocycles. The van der Waals surface area contributed by atoms with Crippen LogP contribution in [0.5, 0.6) is 5.88 Å². The number of aromatic carboxylic acids is 1. The van der Waals surface area contributed by atoms with Crippen molar-refractivity contribution in [1.29, 1.82) is 0 Å². The van der Waals surface area contributed by atoms with Gasteiger partial charge >= 0.3 is 5.97 Å². The minimum atomic E-state index is -1.10. The molecule has 0 spiro atoms. The first-order chi connectivity index (χ1) is 9.08. The van der Waals surface area contributed by atoms with Gasteiger partial charge in [0.1, 0.15) is 5.56 Å². The number of carbonyl (C=O) groups is 1. The molecule has 0 aliphatic carbocycles. The highest BCUT2D eigenvalue weighted by Crippen LogP contribution is 2.21. The molecule has 98 valence electrons. The van der Waals surface area contributed by atoms with Crippen molar-refractivity contribution in [3.63, 3.8) is 0 Å². The molecule has 0 saturated heterocycles. The number of hydrogen-bond acceptors (Lipinski definition) is 4. The molecule has 0 atom stereocenters. The number of benzene rings is 1. The van der Waals surface area contributed by atoms with Gasteiger partial charge in [0.2, 0.25) is 5.88 Å². The fourth-order valence-electron chi connectivity index (χ4n) is 1.55. The minimum Gasteiger partial charge on any atom is -0.477 e. The molecule has 0 bridgehead atoms. The fourth-order valence-corrected chi connectivity index (χ4v) is 1.55. The summed E-state index contributed by atoms with van der Waals surface area (Å²) in [5.74, 6) is -0.562. The number of carboxylic acid groups (broad SMARTS) is 1. The average molecular weight is 258 g/mol. The van der Waals surface area contributed by atoms with Crippen molar-refractivity contribution < 1.29 is 14.6 Å². The van der Waals surface area contributed by atoms with E-state index in [0.717, 1.165) is 5.56 Å². The molecule has 2 aromatic rings. The standard InChI is InChI=1S/C14H14N2O3/c1-9(2)19-13-11(14(17)18)8-15-12(16-13)10-6-4-3-5-7-10/h3-9H,1-2H3,(H,17,18). The molecule has 1 N–H and O–H groups in total. The van der Waals surface area contributed by atoms with E-state index in [1.165, 1.54) is 6.20 Å². The van der Waals surface area contributed by atoms with Crippen LogP contribution >= 0.6 is 0 Å². The van der Waals surface area contributed by atoms with E-state index >= 15 is 0 Å². The molecule has 1 heterocycles. The van der Waals surface area contributed by atoms with Gasteiger partial charge in [0, 0.05) is 11.8 Å². The molecule has 5 nitrogen and oxygen atoms in total. The fraction of sp³-hybridized carbons (Fsp3) is 0.214. The molecular weight excluding hydrogens is 244 g/mol. The Bertz CT molecular complexity index is 582. The number of ether oxygens (including phenoxy) is 1. The maximum Gasteiger partial charge on any atom is 0.342 e. The van der Waals surface area contributed by atoms with E-state index in [0.29, 0.717) is 5.82 Å². The molecule has 0 fully saturated rings. The maximum atomic E-state index is 11.1. The van der Waals surface area contributed by atoms with Crippen LogP contribution in [0.15, 0.2) is 36.5 Å². The zero-order chi connectivity index (χ0) is 13.8. The molecule has 2 rings (SSSR count). The Morgan fingerprint density at radius 1 is 1.26 bits per heavy atom. The van der Waals surface area contributed by atoms with Crippen molar-refractivity contribution in [2.24, 2.45) is 0 Å². The Hall–Kier alpha value is -2.43. The predicted octanol–water partition coefficient (Wildman–Crippen LogP) is 2.63. The molecule has 1 aromatic heterocycles. The first-order valence-electron chi connectivity index (χ1n) is 5.90. The Kier molecular flexibility index (Phi) is 3.75. The second kappa shape index (κ2) is 5.48. The molecule has 19 heavy (non-hydrogen) atoms. The van der Waals surface area contributed by atoms with Crippen molar-refractivity contribution >= 4 is 5.97 Å². The van der Waals surface area contributed by atoms with Crippen molar-refractivity contribution in [3.8, 4) is 17.3 Å². The van der Waals surface area contributed by atoms with Gasteiger partial charge in [-0.05, 0) is 13.8 Å². The molecule has 0 unspecified atom stereocenters. The molecule has 0 saturated carbocycles. The molecule has 0 aliphatic rings. The third-order valence-corrected chi connectivity index (χ3v) is 2.36. The number of aromatic nitrogens is 2. The van der Waals surface area contributed by atoms with Crippen LogP contribution in [0.1, 0.15) is 24.2 Å². The van der Waals surface area contributed by atoms with Crippen molar-refractivity contribution in [3.05, 3.63) is 42.1 Å². The monoisotopic (exact) mass is 258 g/mol. The third kappa shape index (κ3) is 3.07. The Morgan fingerprint density at radius 2 is 1.95 bits per heavy atom. The summed E-state index contributed by atoms with van der Waals surface area (Å²) in [6.45, 7) is 3.63. The first kappa shape index (κ1) is 13.0. The predicted molar refractivity (Wildman–Crippen MR) is 70.2 cm³/mol. The third-order valence-electron chi connectivity index (χ3n) is 2.36. The second-order valence-electron chi connectivity index (χ2n) is 4.25. The van der Waals surface area contributed by atoms with Crippen LogP contribution in [-0.2, 0) is 0 Å². The highest BCUT2D eigenvalue weighted by molar-refractivity contribution is 5.90. The summed E-state index contributed by atoms with van der Waals surface area (Å²) in [4.78, 5) is 19.3. The maximum absolute atomic E-state index is 11.1. The second-order valence-corrected chi connectivity index (χ2v) is 4.25. The van der Waals surface area contributed by atoms with Crippen LogP contribution in [0, 0.1) is 0 Å². The van der Waals surface area contributed by atoms with Gasteiger partial charge in [-0.1, -0.05) is 30.3 Å². The number of carboxylic acids is 1. The highest BCUT2D eigenvalue weighted by Gasteiger charge is 2.16. The van der Waals surface area contributed by atoms with E-state index in [1.807, 2.05) is 44.2 Å². The van der Waals surface area contributed by atoms with Crippen LogP contribution in [0.2, 0.25) is 0 Å². The van der Waals surface area contributed by atoms with Crippen LogP contribution < -0.4 is 4.74 Å². The summed E-state index contributed by atoms with van der Waals surface area (Å²) in [6, 6.07) is 9.34. The van der Waals surface area contributed by atoms with Crippen molar-refractivity contribution in [2.45, 2.75) is 20.0 Å². The van der Waals surface area contributed by atoms with Crippen LogP contribution in [-0.4, -0.2) is 27.1 Å². The van der Waals surface area contributed by atoms with Crippen LogP contribution in [0.25, 0.3) is 11.4 Å². The van der Waals surface area contributed by atoms with Gasteiger partial charge in [-0.3, -0.25) is 0 Å². The van der Waals surface area contributed by atoms with Gasteiger partial charge in [0.05, 0.1) is 6.10 Å². The lowest BCUT2D eigenvalue weighted by Gasteiger charge is -2.11. The minimum absolute atomic E-state index is 0.0339. The molecule has 1 aromatic carbocycles. The largest absolute Gasteiger partial charge is 0.477 e. The Balaban J connectivity index is 2.46. The molecular formula is C14H14N2O3. The first-order valence-corrected chi connectivity index (χ1v) is 5.90. The molecule has 5 heteroatoms. The van der Waals surface area contributed by atoms with Gasteiger partial charge in [-0.25, -0.2) is 9.78 Å². The summed E-state index contributed by atoms with van der Waals surface area (Å²) >= 11 is 0. The van der Waals surface area contributed by atoms with Gasteiger partial charge in [0.25, 0.3) is 0 Å². The zero-order valence-corrected chi connectivity index (χ0v) is 10.7. The lowest BCUT2D eigenvalue weighted by molar-refractivity contribution is 0.0688. The SMILES string of the molecule is CC(C)Oc1nc(-c2ccccc2)ncc1C(=O)O. The number of hydrogen-bond donors (Lipinski definition) is 1. The van der Waals surface area contributed by atoms with Gasteiger partial charge in [0.15, 0.2) is 5.82 Å². The van der Waals surface area contributed by atoms with Crippen molar-refractivity contribution in [2.75, 3.05) is 0 Å². The van der Waals surface area contributed by atoms with E-state index in [4.69, 9.17) is 9.84 Å². The van der Waals surface area contributed by atoms with Crippen LogP contribution in [0.4, 0.5) is 0 Å². The lowest BCUT2D eigenvalue weighted by Crippen LogP contribution is -2.12. The van der Waals surface area contributed by atoms with Crippen molar-refractivity contribution in [1.82, 2.24) is 9.97 Å². The normalized spacial score (nSPS) is 10.5. The summed E-state index contributed by atoms with van der Waals surface area (Å²) < 4.78 is 5.44. The lowest BCUT2D eigenvalue weighted by atomic mass is 10.2. The van der Waals surface area contributed by atoms with E-state index in [1.54, 1.807) is 0 Å². The average Bonchev–Trinajstić information content (AvgIpc) is 2.38. The topological polar surface area (TPSA) is 72.3 Å². The molecule has 0 radical (unpaired) electrons. The summed E-state index contributed by atoms with van der Waals surface area (Å²) in [5, 5.41) is 9.08. The molecule has 0 amide bonds. The summed E-state index contributed by atoms with van der Waals surface area (Å²) in [7, 11) is 0. The van der Waals surface area contributed by atoms with E-state index in [2.05, 4.69) is 9.97 Å². The quantitative estimate of drug-likeness (QED) is 0.912. The Morgan fingerprint density at radius 3 is 2.53 bits per heavy atom. The van der Waals surface area contributed by atoms with Gasteiger partial charge < -0.3 is 9.84 Å². The highest BCUT2D eigenvalue weighted by atomic mass is 16.5. The van der Waals surface area contributed by atoms with Gasteiger partial charge in [-0.15, -0.1) is 0 Å². The number of nitrogens with zero attached hydrogens (tertiary/aromatic N) is 2. The zero-order valence-electron chi connectivity index (χ0n) is 10.7. The summed E-state index contributed by atoms with van der Waals surface area (Å²) in [5.41, 5.74) is 0.779. The van der Waals surface area contributed by atoms with E-state index in [-0.39, 0.29) is 17.5 Å². The van der Waals surface area contributed by atoms with Gasteiger partial charge in [-0.2, -0.15) is 4.98 Å². The Labute approximate surface area is 110 Å². The van der Waals surface area contributed by atoms with Crippen LogP contribution in [0.3, 0.4) is 0 Å². The summed E-state index contributed by atoms with van der Waals surface area (Å²) in [6.07, 6.45) is 1.12.